The average Bonchev–Trinajstić information content (AvgIpc) is 3.54. The molecule has 0 aromatic heterocycles. The highest BCUT2D eigenvalue weighted by atomic mass is 19.3. The number of hydrogen-bond donors (Lipinski definition) is 0. The first-order chi connectivity index (χ1) is 17.8. The molecule has 6 aliphatic rings. The molecule has 0 amide bonds. The van der Waals surface area contributed by atoms with E-state index in [4.69, 9.17) is 4.74 Å². The predicted molar refractivity (Wildman–Crippen MR) is 143 cm³/mol. The topological polar surface area (TPSA) is 12.5 Å². The maximum atomic E-state index is 14.0. The first-order valence-corrected chi connectivity index (χ1v) is 14.5. The number of likely N-dealkylation sites (tertiary alicyclic amines) is 1. The summed E-state index contributed by atoms with van der Waals surface area (Å²) in [6, 6.07) is 16.0. The van der Waals surface area contributed by atoms with Crippen molar-refractivity contribution in [3.05, 3.63) is 71.3 Å². The molecule has 3 aliphatic heterocycles. The van der Waals surface area contributed by atoms with Crippen LogP contribution < -0.4 is 0 Å². The number of nitrogens with zero attached hydrogens (tertiary/aromatic N) is 1. The largest absolute Gasteiger partial charge is 0.359 e. The van der Waals surface area contributed by atoms with Gasteiger partial charge in [0.1, 0.15) is 0 Å². The van der Waals surface area contributed by atoms with Gasteiger partial charge in [-0.3, -0.25) is 4.90 Å². The van der Waals surface area contributed by atoms with E-state index in [2.05, 4.69) is 66.4 Å². The molecule has 0 N–H and O–H groups in total. The van der Waals surface area contributed by atoms with Crippen LogP contribution in [-0.4, -0.2) is 41.2 Å². The van der Waals surface area contributed by atoms with E-state index >= 15 is 0 Å². The molecule has 4 fully saturated rings. The van der Waals surface area contributed by atoms with Crippen LogP contribution in [0.25, 0.3) is 10.8 Å². The van der Waals surface area contributed by atoms with Crippen LogP contribution in [0.1, 0.15) is 76.2 Å². The maximum Gasteiger partial charge on any atom is 0.261 e. The van der Waals surface area contributed by atoms with Crippen LogP contribution in [0, 0.1) is 11.3 Å². The van der Waals surface area contributed by atoms with E-state index in [9.17, 15) is 8.78 Å². The predicted octanol–water partition coefficient (Wildman–Crippen LogP) is 7.79. The third-order valence-corrected chi connectivity index (χ3v) is 11.5. The fourth-order valence-electron chi connectivity index (χ4n) is 9.74. The van der Waals surface area contributed by atoms with E-state index in [1.54, 1.807) is 0 Å². The van der Waals surface area contributed by atoms with Crippen molar-refractivity contribution in [1.29, 1.82) is 0 Å². The summed E-state index contributed by atoms with van der Waals surface area (Å²) in [6.07, 6.45) is 13.5. The lowest BCUT2D eigenvalue weighted by Crippen LogP contribution is -2.55. The van der Waals surface area contributed by atoms with Crippen LogP contribution in [0.2, 0.25) is 0 Å². The van der Waals surface area contributed by atoms with Gasteiger partial charge in [0.2, 0.25) is 0 Å². The lowest BCUT2D eigenvalue weighted by atomic mass is 9.58. The summed E-state index contributed by atoms with van der Waals surface area (Å²) >= 11 is 0. The zero-order valence-corrected chi connectivity index (χ0v) is 21.8. The van der Waals surface area contributed by atoms with E-state index in [1.165, 1.54) is 40.3 Å². The molecule has 2 nitrogen and oxygen atoms in total. The number of benzene rings is 2. The molecule has 2 saturated carbocycles. The molecule has 2 aromatic carbocycles. The Labute approximate surface area is 218 Å². The molecule has 4 heteroatoms. The highest BCUT2D eigenvalue weighted by Crippen LogP contribution is 2.69. The standard InChI is InChI=1S/C33H37F2NO/c1-30-13-12-26-19-25-8-9-27(36-17-16-32(34,35)21-36)20-31(25)14-15-33(26,37-31)29(30)11-10-28(30)24-7-6-22-4-2-3-5-23(22)18-24/h2-7,12,18-19,27-29H,8-11,13-17,20-21H2,1H3/t27-,28?,29+,30+,31+,33?/m0/s1. The summed E-state index contributed by atoms with van der Waals surface area (Å²) in [6.45, 7) is 2.98. The fourth-order valence-corrected chi connectivity index (χ4v) is 9.74. The zero-order valence-electron chi connectivity index (χ0n) is 21.8. The molecule has 3 aliphatic carbocycles. The Morgan fingerprint density at radius 2 is 1.84 bits per heavy atom. The Kier molecular flexibility index (Phi) is 4.67. The molecule has 2 saturated heterocycles. The van der Waals surface area contributed by atoms with Crippen molar-refractivity contribution in [3.8, 4) is 0 Å². The van der Waals surface area contributed by atoms with Crippen molar-refractivity contribution in [2.45, 2.75) is 93.8 Å². The Morgan fingerprint density at radius 3 is 2.68 bits per heavy atom. The second-order valence-corrected chi connectivity index (χ2v) is 13.3. The van der Waals surface area contributed by atoms with Crippen molar-refractivity contribution < 1.29 is 13.5 Å². The lowest BCUT2D eigenvalue weighted by Gasteiger charge is -2.55. The van der Waals surface area contributed by atoms with Gasteiger partial charge < -0.3 is 4.74 Å². The van der Waals surface area contributed by atoms with Crippen molar-refractivity contribution in [1.82, 2.24) is 4.90 Å². The van der Waals surface area contributed by atoms with E-state index in [0.717, 1.165) is 38.5 Å². The lowest BCUT2D eigenvalue weighted by molar-refractivity contribution is -0.141. The molecule has 3 heterocycles. The molecule has 2 bridgehead atoms. The van der Waals surface area contributed by atoms with E-state index in [0.29, 0.717) is 18.4 Å². The van der Waals surface area contributed by atoms with Gasteiger partial charge >= 0.3 is 0 Å². The molecule has 194 valence electrons. The number of halogens is 2. The first-order valence-electron chi connectivity index (χ1n) is 14.5. The van der Waals surface area contributed by atoms with Gasteiger partial charge in [0, 0.05) is 19.0 Å². The minimum Gasteiger partial charge on any atom is -0.359 e. The number of allylic oxidation sites excluding steroid dienone is 1. The minimum atomic E-state index is -2.53. The summed E-state index contributed by atoms with van der Waals surface area (Å²) < 4.78 is 35.5. The second kappa shape index (κ2) is 7.54. The van der Waals surface area contributed by atoms with Crippen molar-refractivity contribution in [2.75, 3.05) is 13.1 Å². The fraction of sp³-hybridized carbons (Fsp3) is 0.576. The zero-order chi connectivity index (χ0) is 25.0. The summed E-state index contributed by atoms with van der Waals surface area (Å²) in [5.74, 6) is -1.49. The summed E-state index contributed by atoms with van der Waals surface area (Å²) in [7, 11) is 0. The molecule has 37 heavy (non-hydrogen) atoms. The maximum absolute atomic E-state index is 14.0. The van der Waals surface area contributed by atoms with Gasteiger partial charge in [-0.15, -0.1) is 0 Å². The molecule has 2 unspecified atom stereocenters. The molecule has 6 atom stereocenters. The third-order valence-electron chi connectivity index (χ3n) is 11.5. The number of rotatable bonds is 2. The van der Waals surface area contributed by atoms with Crippen LogP contribution in [-0.2, 0) is 4.74 Å². The van der Waals surface area contributed by atoms with E-state index in [1.807, 2.05) is 0 Å². The van der Waals surface area contributed by atoms with Gasteiger partial charge in [0.15, 0.2) is 0 Å². The molecular formula is C33H37F2NO. The summed E-state index contributed by atoms with van der Waals surface area (Å²) in [4.78, 5) is 2.07. The molecule has 0 radical (unpaired) electrons. The minimum absolute atomic E-state index is 0.00741. The Hall–Kier alpha value is -2.04. The van der Waals surface area contributed by atoms with Gasteiger partial charge in [0.25, 0.3) is 5.92 Å². The van der Waals surface area contributed by atoms with E-state index in [-0.39, 0.29) is 35.6 Å². The van der Waals surface area contributed by atoms with Gasteiger partial charge in [-0.25, -0.2) is 8.78 Å². The van der Waals surface area contributed by atoms with Crippen LogP contribution >= 0.6 is 0 Å². The van der Waals surface area contributed by atoms with Crippen molar-refractivity contribution >= 4 is 10.8 Å². The SMILES string of the molecule is C[C@]12CC=C3C=C4CC[C@H](N5CCC(F)(F)C5)C[C@]45CCC3(O5)[C@@H]1CCC2c1ccc2ccccc2c1. The average molecular weight is 502 g/mol. The monoisotopic (exact) mass is 501 g/mol. The van der Waals surface area contributed by atoms with Gasteiger partial charge in [-0.1, -0.05) is 61.5 Å². The highest BCUT2D eigenvalue weighted by Gasteiger charge is 2.66. The summed E-state index contributed by atoms with van der Waals surface area (Å²) in [5, 5.41) is 2.64. The van der Waals surface area contributed by atoms with Crippen LogP contribution in [0.5, 0.6) is 0 Å². The normalized spacial score (nSPS) is 42.2. The third kappa shape index (κ3) is 3.15. The summed E-state index contributed by atoms with van der Waals surface area (Å²) in [5.41, 5.74) is 4.10. The highest BCUT2D eigenvalue weighted by molar-refractivity contribution is 5.83. The number of ether oxygens (including phenoxy) is 1. The molecule has 2 aromatic rings. The molecule has 8 rings (SSSR count). The van der Waals surface area contributed by atoms with Crippen LogP contribution in [0.4, 0.5) is 8.78 Å². The Bertz CT molecular complexity index is 1350. The smallest absolute Gasteiger partial charge is 0.261 e. The first kappa shape index (κ1) is 22.9. The van der Waals surface area contributed by atoms with Crippen molar-refractivity contribution in [3.63, 3.8) is 0 Å². The van der Waals surface area contributed by atoms with E-state index < -0.39 is 5.92 Å². The second-order valence-electron chi connectivity index (χ2n) is 13.3. The van der Waals surface area contributed by atoms with Crippen LogP contribution in [0.15, 0.2) is 65.8 Å². The number of hydrogen-bond acceptors (Lipinski definition) is 2. The van der Waals surface area contributed by atoms with Gasteiger partial charge in [0.05, 0.1) is 17.7 Å². The molecule has 2 spiro atoms. The number of fused-ring (bicyclic) bond motifs is 2. The van der Waals surface area contributed by atoms with Gasteiger partial charge in [-0.2, -0.15) is 0 Å². The Balaban J connectivity index is 1.12. The van der Waals surface area contributed by atoms with Crippen molar-refractivity contribution in [2.24, 2.45) is 11.3 Å². The number of alkyl halides is 2. The molecular weight excluding hydrogens is 464 g/mol. The van der Waals surface area contributed by atoms with Gasteiger partial charge in [-0.05, 0) is 96.1 Å². The Morgan fingerprint density at radius 1 is 0.973 bits per heavy atom. The quantitative estimate of drug-likeness (QED) is 0.416. The van der Waals surface area contributed by atoms with Crippen LogP contribution in [0.3, 0.4) is 0 Å².